The standard InChI is InChI=1S/C16H28N2O3/c1-14(11-21-3)18(9-10-20-2)13-16(19,12-17)15-7-5-4-6-8-15/h4-8,14,19H,9-13,17H2,1-3H3. The number of aliphatic hydroxyl groups is 1. The van der Waals surface area contributed by atoms with Gasteiger partial charge in [-0.1, -0.05) is 30.3 Å². The van der Waals surface area contributed by atoms with Crippen LogP contribution in [0, 0.1) is 0 Å². The summed E-state index contributed by atoms with van der Waals surface area (Å²) in [6, 6.07) is 9.73. The summed E-state index contributed by atoms with van der Waals surface area (Å²) in [4.78, 5) is 2.15. The van der Waals surface area contributed by atoms with Gasteiger partial charge in [0.1, 0.15) is 5.60 Å². The first-order valence-corrected chi connectivity index (χ1v) is 7.27. The summed E-state index contributed by atoms with van der Waals surface area (Å²) in [5, 5.41) is 10.9. The van der Waals surface area contributed by atoms with Crippen molar-refractivity contribution in [1.29, 1.82) is 0 Å². The van der Waals surface area contributed by atoms with Gasteiger partial charge in [-0.2, -0.15) is 0 Å². The van der Waals surface area contributed by atoms with Crippen LogP contribution in [0.15, 0.2) is 30.3 Å². The van der Waals surface area contributed by atoms with Crippen LogP contribution < -0.4 is 5.73 Å². The van der Waals surface area contributed by atoms with Gasteiger partial charge in [0.05, 0.1) is 13.2 Å². The highest BCUT2D eigenvalue weighted by Crippen LogP contribution is 2.22. The zero-order valence-corrected chi connectivity index (χ0v) is 13.3. The molecule has 0 aliphatic carbocycles. The van der Waals surface area contributed by atoms with E-state index in [1.807, 2.05) is 30.3 Å². The first-order chi connectivity index (χ1) is 10.1. The zero-order chi connectivity index (χ0) is 15.7. The van der Waals surface area contributed by atoms with Crippen molar-refractivity contribution in [2.45, 2.75) is 18.6 Å². The lowest BCUT2D eigenvalue weighted by Gasteiger charge is -2.37. The molecule has 0 aliphatic heterocycles. The molecule has 1 aromatic carbocycles. The predicted octanol–water partition coefficient (Wildman–Crippen LogP) is 0.816. The third-order valence-electron chi connectivity index (χ3n) is 3.73. The molecule has 0 heterocycles. The average molecular weight is 296 g/mol. The summed E-state index contributed by atoms with van der Waals surface area (Å²) in [7, 11) is 3.35. The third-order valence-corrected chi connectivity index (χ3v) is 3.73. The van der Waals surface area contributed by atoms with E-state index in [0.29, 0.717) is 19.8 Å². The molecule has 5 nitrogen and oxygen atoms in total. The second-order valence-corrected chi connectivity index (χ2v) is 5.37. The Morgan fingerprint density at radius 2 is 1.90 bits per heavy atom. The quantitative estimate of drug-likeness (QED) is 0.669. The van der Waals surface area contributed by atoms with Gasteiger partial charge in [-0.15, -0.1) is 0 Å². The minimum atomic E-state index is -1.07. The van der Waals surface area contributed by atoms with Crippen LogP contribution >= 0.6 is 0 Å². The lowest BCUT2D eigenvalue weighted by Crippen LogP contribution is -2.50. The summed E-state index contributed by atoms with van der Waals surface area (Å²) in [6.45, 7) is 4.60. The largest absolute Gasteiger partial charge is 0.383 e. The Balaban J connectivity index is 2.86. The van der Waals surface area contributed by atoms with E-state index in [1.54, 1.807) is 14.2 Å². The molecule has 0 saturated carbocycles. The van der Waals surface area contributed by atoms with Crippen LogP contribution in [-0.4, -0.2) is 63.1 Å². The highest BCUT2D eigenvalue weighted by molar-refractivity contribution is 5.23. The fraction of sp³-hybridized carbons (Fsp3) is 0.625. The SMILES string of the molecule is COCCN(CC(O)(CN)c1ccccc1)C(C)COC. The maximum atomic E-state index is 10.9. The normalized spacial score (nSPS) is 15.9. The number of methoxy groups -OCH3 is 2. The van der Waals surface area contributed by atoms with Crippen molar-refractivity contribution in [3.05, 3.63) is 35.9 Å². The molecule has 0 fully saturated rings. The summed E-state index contributed by atoms with van der Waals surface area (Å²) in [5.74, 6) is 0. The fourth-order valence-corrected chi connectivity index (χ4v) is 2.37. The van der Waals surface area contributed by atoms with Crippen molar-refractivity contribution in [3.8, 4) is 0 Å². The highest BCUT2D eigenvalue weighted by Gasteiger charge is 2.31. The monoisotopic (exact) mass is 296 g/mol. The minimum Gasteiger partial charge on any atom is -0.383 e. The van der Waals surface area contributed by atoms with Gasteiger partial charge in [0.15, 0.2) is 0 Å². The van der Waals surface area contributed by atoms with Crippen molar-refractivity contribution in [3.63, 3.8) is 0 Å². The van der Waals surface area contributed by atoms with E-state index in [0.717, 1.165) is 12.1 Å². The van der Waals surface area contributed by atoms with Crippen molar-refractivity contribution >= 4 is 0 Å². The van der Waals surface area contributed by atoms with Crippen LogP contribution in [0.4, 0.5) is 0 Å². The molecule has 0 amide bonds. The number of rotatable bonds is 10. The predicted molar refractivity (Wildman–Crippen MR) is 84.2 cm³/mol. The third kappa shape index (κ3) is 5.37. The summed E-state index contributed by atoms with van der Waals surface area (Å²) >= 11 is 0. The van der Waals surface area contributed by atoms with Crippen molar-refractivity contribution in [1.82, 2.24) is 4.90 Å². The van der Waals surface area contributed by atoms with Gasteiger partial charge in [0.2, 0.25) is 0 Å². The van der Waals surface area contributed by atoms with Crippen molar-refractivity contribution < 1.29 is 14.6 Å². The zero-order valence-electron chi connectivity index (χ0n) is 13.3. The molecular formula is C16H28N2O3. The Morgan fingerprint density at radius 1 is 1.24 bits per heavy atom. The van der Waals surface area contributed by atoms with Gasteiger partial charge in [0.25, 0.3) is 0 Å². The van der Waals surface area contributed by atoms with Crippen LogP contribution in [0.25, 0.3) is 0 Å². The molecule has 2 unspecified atom stereocenters. The van der Waals surface area contributed by atoms with E-state index >= 15 is 0 Å². The second kappa shape index (κ2) is 9.12. The summed E-state index contributed by atoms with van der Waals surface area (Å²) in [6.07, 6.45) is 0. The first kappa shape index (κ1) is 18.1. The molecule has 1 rings (SSSR count). The molecular weight excluding hydrogens is 268 g/mol. The van der Waals surface area contributed by atoms with Crippen LogP contribution in [0.5, 0.6) is 0 Å². The number of nitrogens with two attached hydrogens (primary N) is 1. The second-order valence-electron chi connectivity index (χ2n) is 5.37. The van der Waals surface area contributed by atoms with E-state index in [-0.39, 0.29) is 12.6 Å². The van der Waals surface area contributed by atoms with Crippen LogP contribution in [-0.2, 0) is 15.1 Å². The smallest absolute Gasteiger partial charge is 0.114 e. The minimum absolute atomic E-state index is 0.167. The molecule has 0 radical (unpaired) electrons. The molecule has 3 N–H and O–H groups in total. The molecule has 21 heavy (non-hydrogen) atoms. The number of benzene rings is 1. The van der Waals surface area contributed by atoms with Gasteiger partial charge in [-0.05, 0) is 12.5 Å². The number of hydrogen-bond acceptors (Lipinski definition) is 5. The Bertz CT molecular complexity index is 388. The van der Waals surface area contributed by atoms with E-state index in [1.165, 1.54) is 0 Å². The van der Waals surface area contributed by atoms with Gasteiger partial charge in [-0.3, -0.25) is 4.90 Å². The molecule has 1 aromatic rings. The lowest BCUT2D eigenvalue weighted by atomic mass is 9.92. The molecule has 2 atom stereocenters. The Kier molecular flexibility index (Phi) is 7.85. The van der Waals surface area contributed by atoms with Gasteiger partial charge in [-0.25, -0.2) is 0 Å². The van der Waals surface area contributed by atoms with E-state index < -0.39 is 5.60 Å². The van der Waals surface area contributed by atoms with Crippen LogP contribution in [0.1, 0.15) is 12.5 Å². The number of hydrogen-bond donors (Lipinski definition) is 2. The topological polar surface area (TPSA) is 68.0 Å². The maximum absolute atomic E-state index is 10.9. The molecule has 120 valence electrons. The molecule has 0 saturated heterocycles. The molecule has 5 heteroatoms. The van der Waals surface area contributed by atoms with Gasteiger partial charge >= 0.3 is 0 Å². The molecule has 0 spiro atoms. The fourth-order valence-electron chi connectivity index (χ4n) is 2.37. The molecule has 0 aromatic heterocycles. The summed E-state index contributed by atoms with van der Waals surface area (Å²) < 4.78 is 10.4. The molecule has 0 bridgehead atoms. The highest BCUT2D eigenvalue weighted by atomic mass is 16.5. The van der Waals surface area contributed by atoms with Gasteiger partial charge in [0, 0.05) is 39.9 Å². The Morgan fingerprint density at radius 3 is 2.43 bits per heavy atom. The van der Waals surface area contributed by atoms with E-state index in [9.17, 15) is 5.11 Å². The van der Waals surface area contributed by atoms with Crippen molar-refractivity contribution in [2.24, 2.45) is 5.73 Å². The van der Waals surface area contributed by atoms with Crippen LogP contribution in [0.2, 0.25) is 0 Å². The Hall–Kier alpha value is -0.980. The van der Waals surface area contributed by atoms with E-state index in [4.69, 9.17) is 15.2 Å². The van der Waals surface area contributed by atoms with Crippen LogP contribution in [0.3, 0.4) is 0 Å². The maximum Gasteiger partial charge on any atom is 0.114 e. The Labute approximate surface area is 127 Å². The lowest BCUT2D eigenvalue weighted by molar-refractivity contribution is -0.0219. The first-order valence-electron chi connectivity index (χ1n) is 7.27. The summed E-state index contributed by atoms with van der Waals surface area (Å²) in [5.41, 5.74) is 5.61. The molecule has 0 aliphatic rings. The number of ether oxygens (including phenoxy) is 2. The average Bonchev–Trinajstić information content (AvgIpc) is 2.52. The number of nitrogens with zero attached hydrogens (tertiary/aromatic N) is 1. The van der Waals surface area contributed by atoms with Gasteiger partial charge < -0.3 is 20.3 Å². The van der Waals surface area contributed by atoms with Crippen molar-refractivity contribution in [2.75, 3.05) is 47.1 Å². The van der Waals surface area contributed by atoms with E-state index in [2.05, 4.69) is 11.8 Å².